The number of amides is 1. The van der Waals surface area contributed by atoms with Gasteiger partial charge < -0.3 is 14.5 Å². The molecule has 3 aromatic rings. The van der Waals surface area contributed by atoms with Gasteiger partial charge in [0, 0.05) is 17.7 Å². The Morgan fingerprint density at radius 2 is 1.79 bits per heavy atom. The molecular formula is C23H19NO4. The van der Waals surface area contributed by atoms with E-state index in [1.807, 2.05) is 54.6 Å². The molecule has 4 rings (SSSR count). The number of rotatable bonds is 6. The molecule has 1 N–H and O–H groups in total. The molecule has 2 heterocycles. The lowest BCUT2D eigenvalue weighted by Crippen LogP contribution is -2.05. The van der Waals surface area contributed by atoms with E-state index in [9.17, 15) is 9.59 Å². The third kappa shape index (κ3) is 4.04. The van der Waals surface area contributed by atoms with Gasteiger partial charge in [0.15, 0.2) is 0 Å². The van der Waals surface area contributed by atoms with Crippen molar-refractivity contribution in [3.05, 3.63) is 89.4 Å². The summed E-state index contributed by atoms with van der Waals surface area (Å²) in [5, 5.41) is 2.82. The van der Waals surface area contributed by atoms with Crippen molar-refractivity contribution in [1.29, 1.82) is 0 Å². The second-order valence-electron chi connectivity index (χ2n) is 6.51. The van der Waals surface area contributed by atoms with E-state index in [0.29, 0.717) is 29.9 Å². The maximum atomic E-state index is 12.2. The Bertz CT molecular complexity index is 1030. The number of ether oxygens (including phenoxy) is 1. The van der Waals surface area contributed by atoms with Crippen molar-refractivity contribution in [2.24, 2.45) is 0 Å². The summed E-state index contributed by atoms with van der Waals surface area (Å²) in [6.07, 6.45) is 2.66. The number of carbonyl (C=O) groups excluding carboxylic acids is 2. The largest absolute Gasteiger partial charge is 0.458 e. The topological polar surface area (TPSA) is 68.5 Å². The Morgan fingerprint density at radius 1 is 1.00 bits per heavy atom. The molecule has 0 atom stereocenters. The van der Waals surface area contributed by atoms with Crippen LogP contribution in [0.3, 0.4) is 0 Å². The van der Waals surface area contributed by atoms with Crippen LogP contribution >= 0.6 is 0 Å². The second-order valence-corrected chi connectivity index (χ2v) is 6.51. The average Bonchev–Trinajstić information content (AvgIpc) is 3.30. The van der Waals surface area contributed by atoms with Crippen LogP contribution in [0.2, 0.25) is 0 Å². The van der Waals surface area contributed by atoms with Crippen molar-refractivity contribution in [3.63, 3.8) is 0 Å². The van der Waals surface area contributed by atoms with E-state index in [2.05, 4.69) is 5.32 Å². The Kier molecular flexibility index (Phi) is 5.06. The summed E-state index contributed by atoms with van der Waals surface area (Å²) in [5.41, 5.74) is 3.29. The summed E-state index contributed by atoms with van der Waals surface area (Å²) in [4.78, 5) is 24.1. The van der Waals surface area contributed by atoms with E-state index < -0.39 is 0 Å². The predicted octanol–water partition coefficient (Wildman–Crippen LogP) is 4.45. The number of esters is 1. The molecular weight excluding hydrogens is 354 g/mol. The number of carbonyl (C=O) groups is 2. The molecule has 1 amide bonds. The zero-order valence-corrected chi connectivity index (χ0v) is 15.2. The van der Waals surface area contributed by atoms with Crippen LogP contribution in [0, 0.1) is 0 Å². The summed E-state index contributed by atoms with van der Waals surface area (Å²) in [7, 11) is 0. The van der Waals surface area contributed by atoms with Gasteiger partial charge in [-0.1, -0.05) is 48.5 Å². The predicted molar refractivity (Wildman–Crippen MR) is 106 cm³/mol. The number of benzene rings is 2. The quantitative estimate of drug-likeness (QED) is 0.512. The van der Waals surface area contributed by atoms with Gasteiger partial charge in [0.2, 0.25) is 0 Å². The molecule has 0 bridgehead atoms. The Hall–Kier alpha value is -3.60. The first-order valence-electron chi connectivity index (χ1n) is 9.10. The minimum atomic E-state index is -0.274. The van der Waals surface area contributed by atoms with Crippen molar-refractivity contribution in [3.8, 4) is 0 Å². The molecule has 5 nitrogen and oxygen atoms in total. The van der Waals surface area contributed by atoms with Crippen LogP contribution in [-0.2, 0) is 27.4 Å². The van der Waals surface area contributed by atoms with Gasteiger partial charge in [-0.25, -0.2) is 0 Å². The number of fused-ring (bicyclic) bond motifs is 1. The molecule has 1 aliphatic heterocycles. The summed E-state index contributed by atoms with van der Waals surface area (Å²) in [6, 6.07) is 20.8. The van der Waals surface area contributed by atoms with Gasteiger partial charge >= 0.3 is 5.97 Å². The fourth-order valence-corrected chi connectivity index (χ4v) is 3.09. The lowest BCUT2D eigenvalue weighted by Gasteiger charge is -2.03. The molecule has 0 saturated carbocycles. The highest BCUT2D eigenvalue weighted by atomic mass is 16.5. The van der Waals surface area contributed by atoms with Crippen LogP contribution in [0.4, 0.5) is 5.69 Å². The third-order valence-electron chi connectivity index (χ3n) is 4.52. The molecule has 0 aliphatic carbocycles. The molecule has 0 spiro atoms. The van der Waals surface area contributed by atoms with E-state index >= 15 is 0 Å². The first-order valence-corrected chi connectivity index (χ1v) is 9.10. The highest BCUT2D eigenvalue weighted by Crippen LogP contribution is 2.32. The maximum Gasteiger partial charge on any atom is 0.306 e. The highest BCUT2D eigenvalue weighted by molar-refractivity contribution is 6.34. The van der Waals surface area contributed by atoms with Gasteiger partial charge in [0.1, 0.15) is 18.1 Å². The number of para-hydroxylation sites is 1. The SMILES string of the molecule is O=C(CCc1ccccc1)OCc1ccc(/C=C2\C(=O)Nc3ccccc32)o1. The number of aryl methyl sites for hydroxylation is 1. The number of furan rings is 1. The van der Waals surface area contributed by atoms with Gasteiger partial charge in [-0.3, -0.25) is 9.59 Å². The fraction of sp³-hybridized carbons (Fsp3) is 0.130. The Balaban J connectivity index is 1.35. The zero-order chi connectivity index (χ0) is 19.3. The molecule has 140 valence electrons. The normalized spacial score (nSPS) is 14.0. The van der Waals surface area contributed by atoms with Crippen molar-refractivity contribution in [1.82, 2.24) is 0 Å². The number of nitrogens with one attached hydrogen (secondary N) is 1. The van der Waals surface area contributed by atoms with Gasteiger partial charge in [-0.15, -0.1) is 0 Å². The molecule has 5 heteroatoms. The molecule has 2 aromatic carbocycles. The smallest absolute Gasteiger partial charge is 0.306 e. The maximum absolute atomic E-state index is 12.2. The summed E-state index contributed by atoms with van der Waals surface area (Å²) in [6.45, 7) is 0.0690. The molecule has 0 unspecified atom stereocenters. The summed E-state index contributed by atoms with van der Waals surface area (Å²) < 4.78 is 11.0. The van der Waals surface area contributed by atoms with Crippen LogP contribution in [0.1, 0.15) is 29.1 Å². The van der Waals surface area contributed by atoms with Crippen molar-refractivity contribution in [2.45, 2.75) is 19.4 Å². The van der Waals surface area contributed by atoms with E-state index in [0.717, 1.165) is 16.8 Å². The average molecular weight is 373 g/mol. The summed E-state index contributed by atoms with van der Waals surface area (Å²) >= 11 is 0. The molecule has 1 aliphatic rings. The highest BCUT2D eigenvalue weighted by Gasteiger charge is 2.23. The van der Waals surface area contributed by atoms with E-state index in [4.69, 9.17) is 9.15 Å². The molecule has 0 radical (unpaired) electrons. The first-order chi connectivity index (χ1) is 13.7. The number of hydrogen-bond acceptors (Lipinski definition) is 4. The van der Waals surface area contributed by atoms with Crippen LogP contribution in [0.15, 0.2) is 71.1 Å². The van der Waals surface area contributed by atoms with E-state index in [-0.39, 0.29) is 18.5 Å². The second kappa shape index (κ2) is 7.96. The van der Waals surface area contributed by atoms with Crippen molar-refractivity contribution in [2.75, 3.05) is 5.32 Å². The minimum absolute atomic E-state index is 0.0690. The van der Waals surface area contributed by atoms with Crippen LogP contribution in [0.25, 0.3) is 11.6 Å². The fourth-order valence-electron chi connectivity index (χ4n) is 3.09. The first kappa shape index (κ1) is 17.8. The lowest BCUT2D eigenvalue weighted by molar-refractivity contribution is -0.145. The van der Waals surface area contributed by atoms with Crippen LogP contribution in [0.5, 0.6) is 0 Å². The third-order valence-corrected chi connectivity index (χ3v) is 4.52. The van der Waals surface area contributed by atoms with Gasteiger partial charge in [-0.05, 0) is 36.3 Å². The van der Waals surface area contributed by atoms with E-state index in [1.165, 1.54) is 0 Å². The number of hydrogen-bond donors (Lipinski definition) is 1. The molecule has 0 fully saturated rings. The van der Waals surface area contributed by atoms with E-state index in [1.54, 1.807) is 18.2 Å². The Morgan fingerprint density at radius 3 is 2.64 bits per heavy atom. The lowest BCUT2D eigenvalue weighted by atomic mass is 10.1. The molecule has 28 heavy (non-hydrogen) atoms. The molecule has 0 saturated heterocycles. The Labute approximate surface area is 162 Å². The minimum Gasteiger partial charge on any atom is -0.458 e. The standard InChI is InChI=1S/C23H19NO4/c25-22(13-10-16-6-2-1-3-7-16)27-15-18-12-11-17(28-18)14-20-19-8-4-5-9-21(19)24-23(20)26/h1-9,11-12,14H,10,13,15H2,(H,24,26)/b20-14-. The number of anilines is 1. The zero-order valence-electron chi connectivity index (χ0n) is 15.2. The van der Waals surface area contributed by atoms with Crippen molar-refractivity contribution >= 4 is 29.2 Å². The summed E-state index contributed by atoms with van der Waals surface area (Å²) in [5.74, 6) is 0.638. The molecule has 1 aromatic heterocycles. The monoisotopic (exact) mass is 373 g/mol. The van der Waals surface area contributed by atoms with Gasteiger partial charge in [0.25, 0.3) is 5.91 Å². The van der Waals surface area contributed by atoms with Crippen LogP contribution < -0.4 is 5.32 Å². The van der Waals surface area contributed by atoms with Crippen LogP contribution in [-0.4, -0.2) is 11.9 Å². The van der Waals surface area contributed by atoms with Gasteiger partial charge in [-0.2, -0.15) is 0 Å². The van der Waals surface area contributed by atoms with Gasteiger partial charge in [0.05, 0.1) is 5.57 Å². The van der Waals surface area contributed by atoms with Crippen molar-refractivity contribution < 1.29 is 18.7 Å².